The van der Waals surface area contributed by atoms with Crippen LogP contribution in [0.5, 0.6) is 0 Å². The number of anilines is 2. The molecule has 2 N–H and O–H groups in total. The summed E-state index contributed by atoms with van der Waals surface area (Å²) < 4.78 is 4.95. The molecular formula is C22H24N4O3. The third-order valence-corrected chi connectivity index (χ3v) is 4.61. The Hall–Kier alpha value is -3.45. The van der Waals surface area contributed by atoms with E-state index in [1.807, 2.05) is 61.3 Å². The first-order chi connectivity index (χ1) is 13.9. The highest BCUT2D eigenvalue weighted by Crippen LogP contribution is 2.22. The molecule has 0 bridgehead atoms. The number of aryl methyl sites for hydroxylation is 1. The summed E-state index contributed by atoms with van der Waals surface area (Å²) in [6.07, 6.45) is 0. The van der Waals surface area contributed by atoms with Gasteiger partial charge in [-0.25, -0.2) is 0 Å². The maximum absolute atomic E-state index is 12.4. The van der Waals surface area contributed by atoms with Crippen LogP contribution in [0.4, 0.5) is 11.5 Å². The number of hydrogen-bond donors (Lipinski definition) is 2. The average molecular weight is 392 g/mol. The molecule has 1 aromatic heterocycles. The summed E-state index contributed by atoms with van der Waals surface area (Å²) in [5, 5.41) is 9.39. The maximum atomic E-state index is 12.4. The molecule has 3 rings (SSSR count). The summed E-state index contributed by atoms with van der Waals surface area (Å²) in [4.78, 5) is 26.5. The summed E-state index contributed by atoms with van der Waals surface area (Å²) in [7, 11) is 1.87. The van der Waals surface area contributed by atoms with Gasteiger partial charge in [-0.1, -0.05) is 35.5 Å². The van der Waals surface area contributed by atoms with E-state index < -0.39 is 0 Å². The highest BCUT2D eigenvalue weighted by Gasteiger charge is 2.16. The zero-order valence-corrected chi connectivity index (χ0v) is 16.7. The van der Waals surface area contributed by atoms with E-state index in [0.29, 0.717) is 22.8 Å². The molecule has 0 saturated heterocycles. The standard InChI is InChI=1S/C22H24N4O3/c1-15-12-20(25-29-15)24-21(27)14-26(3)16(2)18-10-7-11-19(13-18)23-22(28)17-8-5-4-6-9-17/h4-13,16H,14H2,1-3H3,(H,23,28)(H,24,25,27)/t16-/m0/s1. The number of amides is 2. The van der Waals surface area contributed by atoms with Gasteiger partial charge >= 0.3 is 0 Å². The second-order valence-corrected chi connectivity index (χ2v) is 6.91. The van der Waals surface area contributed by atoms with Gasteiger partial charge in [0, 0.05) is 23.4 Å². The number of carbonyl (C=O) groups excluding carboxylic acids is 2. The largest absolute Gasteiger partial charge is 0.360 e. The molecule has 0 fully saturated rings. The van der Waals surface area contributed by atoms with Crippen molar-refractivity contribution < 1.29 is 14.1 Å². The summed E-state index contributed by atoms with van der Waals surface area (Å²) in [6, 6.07) is 18.3. The number of aromatic nitrogens is 1. The van der Waals surface area contributed by atoms with Gasteiger partial charge in [-0.15, -0.1) is 0 Å². The Morgan fingerprint density at radius 3 is 2.52 bits per heavy atom. The molecule has 0 spiro atoms. The van der Waals surface area contributed by atoms with Crippen LogP contribution in [0.2, 0.25) is 0 Å². The third-order valence-electron chi connectivity index (χ3n) is 4.61. The number of carbonyl (C=O) groups is 2. The number of benzene rings is 2. The van der Waals surface area contributed by atoms with E-state index in [1.165, 1.54) is 0 Å². The fraction of sp³-hybridized carbons (Fsp3) is 0.227. The van der Waals surface area contributed by atoms with Crippen molar-refractivity contribution in [2.24, 2.45) is 0 Å². The van der Waals surface area contributed by atoms with Crippen LogP contribution in [0.1, 0.15) is 34.6 Å². The maximum Gasteiger partial charge on any atom is 0.255 e. The molecule has 3 aromatic rings. The van der Waals surface area contributed by atoms with Crippen LogP contribution in [-0.4, -0.2) is 35.5 Å². The molecule has 0 saturated carbocycles. The molecule has 29 heavy (non-hydrogen) atoms. The van der Waals surface area contributed by atoms with Crippen molar-refractivity contribution in [3.05, 3.63) is 77.6 Å². The molecule has 150 valence electrons. The lowest BCUT2D eigenvalue weighted by atomic mass is 10.1. The number of likely N-dealkylation sites (N-methyl/N-ethyl adjacent to an activating group) is 1. The number of hydrogen-bond acceptors (Lipinski definition) is 5. The first-order valence-corrected chi connectivity index (χ1v) is 9.32. The topological polar surface area (TPSA) is 87.5 Å². The van der Waals surface area contributed by atoms with Gasteiger partial charge in [-0.3, -0.25) is 14.5 Å². The summed E-state index contributed by atoms with van der Waals surface area (Å²) in [5.41, 5.74) is 2.30. The minimum atomic E-state index is -0.179. The fourth-order valence-corrected chi connectivity index (χ4v) is 2.89. The van der Waals surface area contributed by atoms with Gasteiger partial charge in [-0.2, -0.15) is 0 Å². The minimum absolute atomic E-state index is 0.0339. The van der Waals surface area contributed by atoms with Crippen molar-refractivity contribution in [1.82, 2.24) is 10.1 Å². The third kappa shape index (κ3) is 5.52. The Morgan fingerprint density at radius 1 is 1.07 bits per heavy atom. The van der Waals surface area contributed by atoms with E-state index in [4.69, 9.17) is 4.52 Å². The molecule has 7 heteroatoms. The van der Waals surface area contributed by atoms with E-state index in [2.05, 4.69) is 15.8 Å². The molecule has 1 heterocycles. The van der Waals surface area contributed by atoms with Crippen LogP contribution in [0, 0.1) is 6.92 Å². The van der Waals surface area contributed by atoms with Crippen molar-refractivity contribution in [1.29, 1.82) is 0 Å². The Kier molecular flexibility index (Phi) is 6.41. The van der Waals surface area contributed by atoms with Crippen molar-refractivity contribution in [2.75, 3.05) is 24.2 Å². The van der Waals surface area contributed by atoms with E-state index in [1.54, 1.807) is 25.1 Å². The molecular weight excluding hydrogens is 368 g/mol. The average Bonchev–Trinajstić information content (AvgIpc) is 3.12. The Morgan fingerprint density at radius 2 is 1.83 bits per heavy atom. The van der Waals surface area contributed by atoms with Gasteiger partial charge in [-0.05, 0) is 50.7 Å². The predicted molar refractivity (Wildman–Crippen MR) is 112 cm³/mol. The normalized spacial score (nSPS) is 11.9. The van der Waals surface area contributed by atoms with Crippen LogP contribution in [-0.2, 0) is 4.79 Å². The minimum Gasteiger partial charge on any atom is -0.360 e. The number of nitrogens with zero attached hydrogens (tertiary/aromatic N) is 2. The highest BCUT2D eigenvalue weighted by molar-refractivity contribution is 6.04. The van der Waals surface area contributed by atoms with Gasteiger partial charge in [0.25, 0.3) is 5.91 Å². The van der Waals surface area contributed by atoms with Crippen molar-refractivity contribution in [3.8, 4) is 0 Å². The van der Waals surface area contributed by atoms with Crippen LogP contribution >= 0.6 is 0 Å². The van der Waals surface area contributed by atoms with Crippen LogP contribution in [0.15, 0.2) is 65.2 Å². The quantitative estimate of drug-likeness (QED) is 0.637. The Labute approximate surface area is 169 Å². The SMILES string of the molecule is Cc1cc(NC(=O)CN(C)[C@@H](C)c2cccc(NC(=O)c3ccccc3)c2)no1. The van der Waals surface area contributed by atoms with Crippen molar-refractivity contribution in [3.63, 3.8) is 0 Å². The van der Waals surface area contributed by atoms with Gasteiger partial charge in [0.15, 0.2) is 5.82 Å². The van der Waals surface area contributed by atoms with E-state index in [-0.39, 0.29) is 24.4 Å². The summed E-state index contributed by atoms with van der Waals surface area (Å²) in [6.45, 7) is 3.96. The van der Waals surface area contributed by atoms with Gasteiger partial charge in [0.05, 0.1) is 6.54 Å². The lowest BCUT2D eigenvalue weighted by molar-refractivity contribution is -0.117. The molecule has 0 aliphatic carbocycles. The van der Waals surface area contributed by atoms with Gasteiger partial charge in [0.1, 0.15) is 5.76 Å². The summed E-state index contributed by atoms with van der Waals surface area (Å²) in [5.74, 6) is 0.697. The molecule has 0 unspecified atom stereocenters. The monoisotopic (exact) mass is 392 g/mol. The van der Waals surface area contributed by atoms with Crippen LogP contribution in [0.25, 0.3) is 0 Å². The first kappa shape index (κ1) is 20.3. The molecule has 0 aliphatic rings. The molecule has 0 radical (unpaired) electrons. The number of nitrogens with one attached hydrogen (secondary N) is 2. The number of rotatable bonds is 7. The smallest absolute Gasteiger partial charge is 0.255 e. The second-order valence-electron chi connectivity index (χ2n) is 6.91. The van der Waals surface area contributed by atoms with Crippen molar-refractivity contribution >= 4 is 23.3 Å². The van der Waals surface area contributed by atoms with Crippen molar-refractivity contribution in [2.45, 2.75) is 19.9 Å². The van der Waals surface area contributed by atoms with E-state index in [0.717, 1.165) is 5.56 Å². The predicted octanol–water partition coefficient (Wildman–Crippen LogP) is 3.87. The molecule has 2 amide bonds. The molecule has 2 aromatic carbocycles. The Balaban J connectivity index is 1.61. The fourth-order valence-electron chi connectivity index (χ4n) is 2.89. The zero-order chi connectivity index (χ0) is 20.8. The first-order valence-electron chi connectivity index (χ1n) is 9.32. The van der Waals surface area contributed by atoms with Gasteiger partial charge in [0.2, 0.25) is 5.91 Å². The molecule has 1 atom stereocenters. The summed E-state index contributed by atoms with van der Waals surface area (Å²) >= 11 is 0. The lowest BCUT2D eigenvalue weighted by Crippen LogP contribution is -2.32. The lowest BCUT2D eigenvalue weighted by Gasteiger charge is -2.24. The molecule has 0 aliphatic heterocycles. The Bertz CT molecular complexity index is 984. The van der Waals surface area contributed by atoms with E-state index in [9.17, 15) is 9.59 Å². The van der Waals surface area contributed by atoms with Gasteiger partial charge < -0.3 is 15.2 Å². The molecule has 7 nitrogen and oxygen atoms in total. The van der Waals surface area contributed by atoms with E-state index >= 15 is 0 Å². The van der Waals surface area contributed by atoms with Crippen LogP contribution < -0.4 is 10.6 Å². The highest BCUT2D eigenvalue weighted by atomic mass is 16.5. The van der Waals surface area contributed by atoms with Crippen LogP contribution in [0.3, 0.4) is 0 Å². The zero-order valence-electron chi connectivity index (χ0n) is 16.7. The second kappa shape index (κ2) is 9.16.